The first kappa shape index (κ1) is 18.5. The minimum absolute atomic E-state index is 0.166. The monoisotopic (exact) mass is 321 g/mol. The van der Waals surface area contributed by atoms with Crippen LogP contribution in [0.3, 0.4) is 0 Å². The molecule has 1 aromatic carbocycles. The fourth-order valence-electron chi connectivity index (χ4n) is 2.17. The number of benzene rings is 1. The maximum Gasteiger partial charge on any atom is 0.326 e. The van der Waals surface area contributed by atoms with Gasteiger partial charge in [0.2, 0.25) is 5.91 Å². The number of nitrogens with one attached hydrogen (secondary N) is 2. The molecule has 5 N–H and O–H groups in total. The van der Waals surface area contributed by atoms with Crippen molar-refractivity contribution in [2.75, 3.05) is 0 Å². The second kappa shape index (κ2) is 9.45. The number of nitrogens with two attached hydrogens (primary N) is 1. The number of primary amides is 1. The van der Waals surface area contributed by atoms with E-state index < -0.39 is 30.0 Å². The van der Waals surface area contributed by atoms with E-state index in [-0.39, 0.29) is 6.42 Å². The zero-order chi connectivity index (χ0) is 17.2. The molecule has 0 aliphatic rings. The van der Waals surface area contributed by atoms with Crippen LogP contribution in [0.5, 0.6) is 0 Å². The van der Waals surface area contributed by atoms with Crippen LogP contribution in [0, 0.1) is 0 Å². The Hall–Kier alpha value is -2.57. The van der Waals surface area contributed by atoms with Crippen molar-refractivity contribution in [3.05, 3.63) is 35.9 Å². The molecule has 2 atom stereocenters. The van der Waals surface area contributed by atoms with E-state index in [0.29, 0.717) is 6.42 Å². The molecular formula is C16H23N3O4. The predicted molar refractivity (Wildman–Crippen MR) is 85.7 cm³/mol. The van der Waals surface area contributed by atoms with Gasteiger partial charge < -0.3 is 21.5 Å². The van der Waals surface area contributed by atoms with Crippen molar-refractivity contribution in [1.82, 2.24) is 10.6 Å². The SMILES string of the molecule is CCCCC(NC(N)=O)C(=O)N[C@@H](Cc1ccccc1)C(=O)O. The maximum atomic E-state index is 12.2. The van der Waals surface area contributed by atoms with Crippen LogP contribution in [-0.2, 0) is 16.0 Å². The van der Waals surface area contributed by atoms with Gasteiger partial charge in [0.05, 0.1) is 0 Å². The van der Waals surface area contributed by atoms with Crippen LogP contribution in [0.1, 0.15) is 31.7 Å². The number of carboxylic acids is 1. The van der Waals surface area contributed by atoms with E-state index in [2.05, 4.69) is 10.6 Å². The van der Waals surface area contributed by atoms with Gasteiger partial charge in [0, 0.05) is 6.42 Å². The smallest absolute Gasteiger partial charge is 0.326 e. The summed E-state index contributed by atoms with van der Waals surface area (Å²) < 4.78 is 0. The molecule has 1 rings (SSSR count). The molecule has 7 heteroatoms. The topological polar surface area (TPSA) is 122 Å². The summed E-state index contributed by atoms with van der Waals surface area (Å²) in [6, 6.07) is 6.31. The van der Waals surface area contributed by atoms with Crippen LogP contribution in [0.25, 0.3) is 0 Å². The lowest BCUT2D eigenvalue weighted by atomic mass is 10.0. The second-order valence-electron chi connectivity index (χ2n) is 5.29. The first-order valence-corrected chi connectivity index (χ1v) is 7.57. The number of carbonyl (C=O) groups is 3. The highest BCUT2D eigenvalue weighted by Crippen LogP contribution is 2.06. The van der Waals surface area contributed by atoms with Crippen molar-refractivity contribution in [3.8, 4) is 0 Å². The first-order chi connectivity index (χ1) is 10.9. The number of aliphatic carboxylic acids is 1. The van der Waals surface area contributed by atoms with Crippen molar-refractivity contribution in [1.29, 1.82) is 0 Å². The molecule has 0 saturated heterocycles. The van der Waals surface area contributed by atoms with Crippen molar-refractivity contribution >= 4 is 17.9 Å². The number of carboxylic acid groups (broad SMARTS) is 1. The Morgan fingerprint density at radius 2 is 1.78 bits per heavy atom. The van der Waals surface area contributed by atoms with E-state index in [4.69, 9.17) is 5.73 Å². The van der Waals surface area contributed by atoms with Gasteiger partial charge in [0.25, 0.3) is 0 Å². The van der Waals surface area contributed by atoms with Crippen molar-refractivity contribution < 1.29 is 19.5 Å². The molecule has 3 amide bonds. The summed E-state index contributed by atoms with van der Waals surface area (Å²) in [6.45, 7) is 1.95. The highest BCUT2D eigenvalue weighted by molar-refractivity contribution is 5.89. The zero-order valence-electron chi connectivity index (χ0n) is 13.1. The van der Waals surface area contributed by atoms with Crippen molar-refractivity contribution in [2.45, 2.75) is 44.7 Å². The Bertz CT molecular complexity index is 533. The molecule has 0 aliphatic carbocycles. The third kappa shape index (κ3) is 6.82. The molecular weight excluding hydrogens is 298 g/mol. The van der Waals surface area contributed by atoms with E-state index in [0.717, 1.165) is 18.4 Å². The molecule has 0 saturated carbocycles. The van der Waals surface area contributed by atoms with Gasteiger partial charge >= 0.3 is 12.0 Å². The highest BCUT2D eigenvalue weighted by atomic mass is 16.4. The molecule has 0 bridgehead atoms. The van der Waals surface area contributed by atoms with Gasteiger partial charge in [-0.15, -0.1) is 0 Å². The van der Waals surface area contributed by atoms with Crippen molar-refractivity contribution in [2.24, 2.45) is 5.73 Å². The Balaban J connectivity index is 2.74. The van der Waals surface area contributed by atoms with E-state index in [1.807, 2.05) is 13.0 Å². The molecule has 0 fully saturated rings. The lowest BCUT2D eigenvalue weighted by Gasteiger charge is -2.20. The molecule has 0 spiro atoms. The van der Waals surface area contributed by atoms with Crippen molar-refractivity contribution in [3.63, 3.8) is 0 Å². The third-order valence-corrected chi connectivity index (χ3v) is 3.38. The number of rotatable bonds is 9. The third-order valence-electron chi connectivity index (χ3n) is 3.38. The number of urea groups is 1. The number of amides is 3. The molecule has 23 heavy (non-hydrogen) atoms. The summed E-state index contributed by atoms with van der Waals surface area (Å²) in [6.07, 6.45) is 2.13. The summed E-state index contributed by atoms with van der Waals surface area (Å²) in [4.78, 5) is 34.6. The molecule has 7 nitrogen and oxygen atoms in total. The van der Waals surface area contributed by atoms with Crippen LogP contribution in [0.2, 0.25) is 0 Å². The minimum atomic E-state index is -1.13. The molecule has 0 aliphatic heterocycles. The summed E-state index contributed by atoms with van der Waals surface area (Å²) in [5, 5.41) is 14.1. The van der Waals surface area contributed by atoms with Crippen LogP contribution in [0.15, 0.2) is 30.3 Å². The van der Waals surface area contributed by atoms with Gasteiger partial charge in [-0.1, -0.05) is 50.1 Å². The molecule has 1 unspecified atom stereocenters. The van der Waals surface area contributed by atoms with Gasteiger partial charge in [-0.2, -0.15) is 0 Å². The minimum Gasteiger partial charge on any atom is -0.480 e. The summed E-state index contributed by atoms with van der Waals surface area (Å²) in [5.41, 5.74) is 5.87. The van der Waals surface area contributed by atoms with Crippen LogP contribution >= 0.6 is 0 Å². The number of carbonyl (C=O) groups excluding carboxylic acids is 2. The number of hydrogen-bond acceptors (Lipinski definition) is 3. The average molecular weight is 321 g/mol. The highest BCUT2D eigenvalue weighted by Gasteiger charge is 2.25. The largest absolute Gasteiger partial charge is 0.480 e. The lowest BCUT2D eigenvalue weighted by Crippen LogP contribution is -2.53. The fraction of sp³-hybridized carbons (Fsp3) is 0.438. The molecule has 126 valence electrons. The normalized spacial score (nSPS) is 12.9. The number of unbranched alkanes of at least 4 members (excludes halogenated alkanes) is 1. The summed E-state index contributed by atoms with van der Waals surface area (Å²) >= 11 is 0. The standard InChI is InChI=1S/C16H23N3O4/c1-2-3-9-12(19-16(17)23)14(20)18-13(15(21)22)10-11-7-5-4-6-8-11/h4-8,12-13H,2-3,9-10H2,1H3,(H,18,20)(H,21,22)(H3,17,19,23)/t12?,13-/m0/s1. The molecule has 1 aromatic rings. The Morgan fingerprint density at radius 1 is 1.13 bits per heavy atom. The Kier molecular flexibility index (Phi) is 7.59. The predicted octanol–water partition coefficient (Wildman–Crippen LogP) is 1.03. The van der Waals surface area contributed by atoms with E-state index in [1.165, 1.54) is 0 Å². The second-order valence-corrected chi connectivity index (χ2v) is 5.29. The average Bonchev–Trinajstić information content (AvgIpc) is 2.51. The molecule has 0 aromatic heterocycles. The molecule has 0 radical (unpaired) electrons. The summed E-state index contributed by atoms with van der Waals surface area (Å²) in [5.74, 6) is -1.67. The molecule has 0 heterocycles. The Labute approximate surface area is 135 Å². The maximum absolute atomic E-state index is 12.2. The van der Waals surface area contributed by atoms with Gasteiger partial charge in [0.15, 0.2) is 0 Å². The van der Waals surface area contributed by atoms with Crippen LogP contribution in [0.4, 0.5) is 4.79 Å². The first-order valence-electron chi connectivity index (χ1n) is 7.57. The van der Waals surface area contributed by atoms with Gasteiger partial charge in [0.1, 0.15) is 12.1 Å². The van der Waals surface area contributed by atoms with Crippen LogP contribution < -0.4 is 16.4 Å². The lowest BCUT2D eigenvalue weighted by molar-refractivity contribution is -0.142. The quantitative estimate of drug-likeness (QED) is 0.542. The fourth-order valence-corrected chi connectivity index (χ4v) is 2.17. The zero-order valence-corrected chi connectivity index (χ0v) is 13.1. The van der Waals surface area contributed by atoms with E-state index in [9.17, 15) is 19.5 Å². The Morgan fingerprint density at radius 3 is 2.30 bits per heavy atom. The van der Waals surface area contributed by atoms with Crippen LogP contribution in [-0.4, -0.2) is 35.1 Å². The van der Waals surface area contributed by atoms with Gasteiger partial charge in [-0.3, -0.25) is 4.79 Å². The number of hydrogen-bond donors (Lipinski definition) is 4. The van der Waals surface area contributed by atoms with E-state index >= 15 is 0 Å². The van der Waals surface area contributed by atoms with Gasteiger partial charge in [-0.25, -0.2) is 9.59 Å². The summed E-state index contributed by atoms with van der Waals surface area (Å²) in [7, 11) is 0. The van der Waals surface area contributed by atoms with E-state index in [1.54, 1.807) is 24.3 Å². The van der Waals surface area contributed by atoms with Gasteiger partial charge in [-0.05, 0) is 12.0 Å².